The summed E-state index contributed by atoms with van der Waals surface area (Å²) in [5, 5.41) is 2.69. The largest absolute Gasteiger partial charge is 0.486 e. The van der Waals surface area contributed by atoms with Crippen molar-refractivity contribution >= 4 is 17.5 Å². The van der Waals surface area contributed by atoms with Crippen molar-refractivity contribution in [3.05, 3.63) is 23.8 Å². The number of nitrogens with one attached hydrogen (secondary N) is 1. The first-order valence-electron chi connectivity index (χ1n) is 5.01. The van der Waals surface area contributed by atoms with Crippen molar-refractivity contribution in [1.82, 2.24) is 5.32 Å². The molecule has 1 amide bonds. The molecule has 0 aliphatic carbocycles. The minimum atomic E-state index is -0.198. The molecule has 1 aliphatic heterocycles. The molecular formula is C11H12ClNO3. The van der Waals surface area contributed by atoms with Gasteiger partial charge in [-0.15, -0.1) is 11.6 Å². The summed E-state index contributed by atoms with van der Waals surface area (Å²) < 4.78 is 10.9. The lowest BCUT2D eigenvalue weighted by atomic mass is 10.1. The quantitative estimate of drug-likeness (QED) is 0.812. The Morgan fingerprint density at radius 2 is 2.19 bits per heavy atom. The predicted molar refractivity (Wildman–Crippen MR) is 60.0 cm³/mol. The van der Waals surface area contributed by atoms with Gasteiger partial charge in [-0.1, -0.05) is 12.1 Å². The number of alkyl halides is 1. The molecule has 16 heavy (non-hydrogen) atoms. The van der Waals surface area contributed by atoms with Crippen molar-refractivity contribution in [2.45, 2.75) is 6.54 Å². The van der Waals surface area contributed by atoms with Crippen LogP contribution in [-0.2, 0) is 11.3 Å². The molecule has 1 aliphatic rings. The molecule has 0 unspecified atom stereocenters. The molecule has 0 bridgehead atoms. The number of carbonyl (C=O) groups excluding carboxylic acids is 1. The average Bonchev–Trinajstić information content (AvgIpc) is 2.35. The highest BCUT2D eigenvalue weighted by molar-refractivity contribution is 6.27. The Labute approximate surface area is 98.5 Å². The van der Waals surface area contributed by atoms with E-state index in [9.17, 15) is 4.79 Å². The van der Waals surface area contributed by atoms with E-state index in [1.54, 1.807) is 0 Å². The molecule has 0 aromatic heterocycles. The van der Waals surface area contributed by atoms with E-state index in [4.69, 9.17) is 21.1 Å². The SMILES string of the molecule is O=C(CCl)NCc1cccc2c1OCCO2. The van der Waals surface area contributed by atoms with Gasteiger partial charge in [0.25, 0.3) is 0 Å². The smallest absolute Gasteiger partial charge is 0.235 e. The predicted octanol–water partition coefficient (Wildman–Crippen LogP) is 1.31. The fourth-order valence-electron chi connectivity index (χ4n) is 1.51. The number of halogens is 1. The Balaban J connectivity index is 2.11. The highest BCUT2D eigenvalue weighted by Crippen LogP contribution is 2.33. The Morgan fingerprint density at radius 1 is 1.38 bits per heavy atom. The number of ether oxygens (including phenoxy) is 2. The normalized spacial score (nSPS) is 13.3. The molecule has 0 atom stereocenters. The zero-order valence-electron chi connectivity index (χ0n) is 8.66. The molecule has 4 nitrogen and oxygen atoms in total. The average molecular weight is 242 g/mol. The maximum atomic E-state index is 11.0. The summed E-state index contributed by atoms with van der Waals surface area (Å²) >= 11 is 5.39. The maximum absolute atomic E-state index is 11.0. The van der Waals surface area contributed by atoms with Gasteiger partial charge in [-0.05, 0) is 6.07 Å². The number of rotatable bonds is 3. The van der Waals surface area contributed by atoms with E-state index in [1.165, 1.54) is 0 Å². The Kier molecular flexibility index (Phi) is 3.51. The van der Waals surface area contributed by atoms with Gasteiger partial charge >= 0.3 is 0 Å². The molecule has 1 heterocycles. The molecule has 0 saturated heterocycles. The van der Waals surface area contributed by atoms with Crippen LogP contribution in [-0.4, -0.2) is 25.0 Å². The summed E-state index contributed by atoms with van der Waals surface area (Å²) in [5.74, 6) is 1.20. The second kappa shape index (κ2) is 5.07. The van der Waals surface area contributed by atoms with Crippen molar-refractivity contribution in [1.29, 1.82) is 0 Å². The minimum absolute atomic E-state index is 0.0353. The summed E-state index contributed by atoms with van der Waals surface area (Å²) in [5.41, 5.74) is 0.899. The number of para-hydroxylation sites is 1. The highest BCUT2D eigenvalue weighted by atomic mass is 35.5. The van der Waals surface area contributed by atoms with Crippen molar-refractivity contribution < 1.29 is 14.3 Å². The molecule has 1 aromatic carbocycles. The Bertz CT molecular complexity index is 395. The standard InChI is InChI=1S/C11H12ClNO3/c12-6-10(14)13-7-8-2-1-3-9-11(8)16-5-4-15-9/h1-3H,4-7H2,(H,13,14). The van der Waals surface area contributed by atoms with Gasteiger partial charge in [0.2, 0.25) is 5.91 Å². The molecule has 1 N–H and O–H groups in total. The van der Waals surface area contributed by atoms with Crippen LogP contribution in [0.25, 0.3) is 0 Å². The zero-order valence-corrected chi connectivity index (χ0v) is 9.42. The molecule has 0 radical (unpaired) electrons. The van der Waals surface area contributed by atoms with Crippen LogP contribution in [0.4, 0.5) is 0 Å². The van der Waals surface area contributed by atoms with Crippen molar-refractivity contribution in [3.63, 3.8) is 0 Å². The summed E-state index contributed by atoms with van der Waals surface area (Å²) in [6.07, 6.45) is 0. The van der Waals surface area contributed by atoms with Gasteiger partial charge in [-0.2, -0.15) is 0 Å². The van der Waals surface area contributed by atoms with Crippen LogP contribution in [0.2, 0.25) is 0 Å². The number of hydrogen-bond donors (Lipinski definition) is 1. The van der Waals surface area contributed by atoms with E-state index in [0.717, 1.165) is 11.3 Å². The van der Waals surface area contributed by atoms with Crippen LogP contribution in [0, 0.1) is 0 Å². The summed E-state index contributed by atoms with van der Waals surface area (Å²) in [7, 11) is 0. The van der Waals surface area contributed by atoms with Gasteiger partial charge in [0.15, 0.2) is 11.5 Å². The van der Waals surface area contributed by atoms with Gasteiger partial charge < -0.3 is 14.8 Å². The number of benzene rings is 1. The topological polar surface area (TPSA) is 47.6 Å². The van der Waals surface area contributed by atoms with Gasteiger partial charge in [0, 0.05) is 12.1 Å². The van der Waals surface area contributed by atoms with E-state index in [0.29, 0.717) is 25.5 Å². The first kappa shape index (κ1) is 11.1. The van der Waals surface area contributed by atoms with Crippen molar-refractivity contribution in [2.75, 3.05) is 19.1 Å². The van der Waals surface area contributed by atoms with Crippen molar-refractivity contribution in [3.8, 4) is 11.5 Å². The molecule has 5 heteroatoms. The lowest BCUT2D eigenvalue weighted by Gasteiger charge is -2.20. The molecule has 2 rings (SSSR count). The summed E-state index contributed by atoms with van der Waals surface area (Å²) in [6, 6.07) is 5.61. The molecule has 0 saturated carbocycles. The fraction of sp³-hybridized carbons (Fsp3) is 0.364. The van der Waals surface area contributed by atoms with E-state index >= 15 is 0 Å². The lowest BCUT2D eigenvalue weighted by molar-refractivity contribution is -0.118. The monoisotopic (exact) mass is 241 g/mol. The van der Waals surface area contributed by atoms with E-state index < -0.39 is 0 Å². The lowest BCUT2D eigenvalue weighted by Crippen LogP contribution is -2.25. The zero-order chi connectivity index (χ0) is 11.4. The number of amides is 1. The third-order valence-corrected chi connectivity index (χ3v) is 2.49. The molecule has 0 spiro atoms. The van der Waals surface area contributed by atoms with Gasteiger partial charge in [-0.25, -0.2) is 0 Å². The summed E-state index contributed by atoms with van der Waals surface area (Å²) in [6.45, 7) is 1.50. The minimum Gasteiger partial charge on any atom is -0.486 e. The van der Waals surface area contributed by atoms with E-state index in [1.807, 2.05) is 18.2 Å². The number of fused-ring (bicyclic) bond motifs is 1. The molecule has 0 fully saturated rings. The third-order valence-electron chi connectivity index (χ3n) is 2.25. The molecule has 86 valence electrons. The third kappa shape index (κ3) is 2.39. The van der Waals surface area contributed by atoms with Crippen LogP contribution in [0.15, 0.2) is 18.2 Å². The van der Waals surface area contributed by atoms with Crippen LogP contribution >= 0.6 is 11.6 Å². The van der Waals surface area contributed by atoms with Crippen LogP contribution in [0.3, 0.4) is 0 Å². The van der Waals surface area contributed by atoms with Crippen LogP contribution < -0.4 is 14.8 Å². The first-order valence-corrected chi connectivity index (χ1v) is 5.55. The summed E-state index contributed by atoms with van der Waals surface area (Å²) in [4.78, 5) is 11.0. The van der Waals surface area contributed by atoms with Gasteiger partial charge in [0.1, 0.15) is 19.1 Å². The van der Waals surface area contributed by atoms with Gasteiger partial charge in [0.05, 0.1) is 0 Å². The van der Waals surface area contributed by atoms with Crippen molar-refractivity contribution in [2.24, 2.45) is 0 Å². The maximum Gasteiger partial charge on any atom is 0.235 e. The Morgan fingerprint density at radius 3 is 3.00 bits per heavy atom. The van der Waals surface area contributed by atoms with E-state index in [-0.39, 0.29) is 11.8 Å². The number of hydrogen-bond acceptors (Lipinski definition) is 3. The highest BCUT2D eigenvalue weighted by Gasteiger charge is 2.15. The molecule has 1 aromatic rings. The van der Waals surface area contributed by atoms with Crippen LogP contribution in [0.1, 0.15) is 5.56 Å². The van der Waals surface area contributed by atoms with Gasteiger partial charge in [-0.3, -0.25) is 4.79 Å². The van der Waals surface area contributed by atoms with E-state index in [2.05, 4.69) is 5.32 Å². The fourth-order valence-corrected chi connectivity index (χ4v) is 1.61. The first-order chi connectivity index (χ1) is 7.81. The Hall–Kier alpha value is -1.42. The second-order valence-electron chi connectivity index (χ2n) is 3.35. The molecular weight excluding hydrogens is 230 g/mol. The van der Waals surface area contributed by atoms with Crippen LogP contribution in [0.5, 0.6) is 11.5 Å². The number of carbonyl (C=O) groups is 1. The second-order valence-corrected chi connectivity index (χ2v) is 3.62.